The van der Waals surface area contributed by atoms with Crippen molar-refractivity contribution in [2.24, 2.45) is 0 Å². The van der Waals surface area contributed by atoms with Gasteiger partial charge in [0, 0.05) is 44.1 Å². The molecule has 1 aromatic rings. The Labute approximate surface area is 115 Å². The maximum atomic E-state index is 5.72. The van der Waals surface area contributed by atoms with Crippen molar-refractivity contribution < 1.29 is 4.74 Å². The predicted octanol–water partition coefficient (Wildman–Crippen LogP) is 1.38. The summed E-state index contributed by atoms with van der Waals surface area (Å²) in [5, 5.41) is 0. The average Bonchev–Trinajstić information content (AvgIpc) is 2.46. The Kier molecular flexibility index (Phi) is 3.82. The topological polar surface area (TPSA) is 28.6 Å². The fourth-order valence-corrected chi connectivity index (χ4v) is 3.21. The second kappa shape index (κ2) is 5.57. The van der Waals surface area contributed by atoms with Gasteiger partial charge in [0.1, 0.15) is 0 Å². The van der Waals surface area contributed by atoms with Crippen LogP contribution in [0.3, 0.4) is 0 Å². The number of piperidine rings is 1. The standard InChI is InChI=1S/C15H23N3O/c1-17-10-11-19-13-15(17)4-8-18(9-5-15)12-14-2-6-16-7-3-14/h2-3,6-7H,4-5,8-13H2,1H3. The van der Waals surface area contributed by atoms with Crippen molar-refractivity contribution in [1.82, 2.24) is 14.8 Å². The van der Waals surface area contributed by atoms with Crippen molar-refractivity contribution in [1.29, 1.82) is 0 Å². The first-order valence-corrected chi connectivity index (χ1v) is 7.19. The van der Waals surface area contributed by atoms with Crippen molar-refractivity contribution >= 4 is 0 Å². The van der Waals surface area contributed by atoms with Crippen LogP contribution in [0, 0.1) is 0 Å². The average molecular weight is 261 g/mol. The van der Waals surface area contributed by atoms with Gasteiger partial charge in [-0.2, -0.15) is 0 Å². The van der Waals surface area contributed by atoms with E-state index in [1.54, 1.807) is 0 Å². The summed E-state index contributed by atoms with van der Waals surface area (Å²) in [5.74, 6) is 0. The number of hydrogen-bond donors (Lipinski definition) is 0. The zero-order chi connectivity index (χ0) is 13.1. The highest BCUT2D eigenvalue weighted by Crippen LogP contribution is 2.30. The number of pyridine rings is 1. The fourth-order valence-electron chi connectivity index (χ4n) is 3.21. The predicted molar refractivity (Wildman–Crippen MR) is 74.9 cm³/mol. The van der Waals surface area contributed by atoms with E-state index >= 15 is 0 Å². The third kappa shape index (κ3) is 2.81. The summed E-state index contributed by atoms with van der Waals surface area (Å²) in [6, 6.07) is 4.22. The molecular weight excluding hydrogens is 238 g/mol. The largest absolute Gasteiger partial charge is 0.378 e. The maximum absolute atomic E-state index is 5.72. The summed E-state index contributed by atoms with van der Waals surface area (Å²) in [6.45, 7) is 6.24. The number of nitrogens with zero attached hydrogens (tertiary/aromatic N) is 3. The molecule has 2 fully saturated rings. The first kappa shape index (κ1) is 13.0. The van der Waals surface area contributed by atoms with Gasteiger partial charge in [0.2, 0.25) is 0 Å². The Hall–Kier alpha value is -0.970. The number of morpholine rings is 1. The summed E-state index contributed by atoms with van der Waals surface area (Å²) in [7, 11) is 2.25. The highest BCUT2D eigenvalue weighted by Gasteiger charge is 2.40. The second-order valence-electron chi connectivity index (χ2n) is 5.83. The van der Waals surface area contributed by atoms with Crippen LogP contribution in [0.2, 0.25) is 0 Å². The molecule has 0 saturated carbocycles. The van der Waals surface area contributed by atoms with Crippen LogP contribution in [-0.2, 0) is 11.3 Å². The fraction of sp³-hybridized carbons (Fsp3) is 0.667. The Morgan fingerprint density at radius 3 is 2.63 bits per heavy atom. The van der Waals surface area contributed by atoms with Crippen LogP contribution >= 0.6 is 0 Å². The molecule has 4 nitrogen and oxygen atoms in total. The Bertz CT molecular complexity index is 401. The SMILES string of the molecule is CN1CCOCC12CCN(Cc1ccncc1)CC2. The first-order chi connectivity index (χ1) is 9.28. The molecule has 0 aromatic carbocycles. The van der Waals surface area contributed by atoms with E-state index in [1.165, 1.54) is 18.4 Å². The lowest BCUT2D eigenvalue weighted by Gasteiger charge is -2.49. The molecule has 0 N–H and O–H groups in total. The summed E-state index contributed by atoms with van der Waals surface area (Å²) < 4.78 is 5.72. The molecule has 2 aliphatic heterocycles. The number of ether oxygens (including phenoxy) is 1. The molecule has 3 rings (SSSR count). The van der Waals surface area contributed by atoms with Crippen molar-refractivity contribution in [3.8, 4) is 0 Å². The molecule has 4 heteroatoms. The lowest BCUT2D eigenvalue weighted by molar-refractivity contribution is -0.0836. The van der Waals surface area contributed by atoms with Crippen LogP contribution < -0.4 is 0 Å². The van der Waals surface area contributed by atoms with E-state index in [1.807, 2.05) is 12.4 Å². The van der Waals surface area contributed by atoms with E-state index in [-0.39, 0.29) is 0 Å². The molecule has 0 bridgehead atoms. The van der Waals surface area contributed by atoms with Crippen molar-refractivity contribution in [3.05, 3.63) is 30.1 Å². The normalized spacial score (nSPS) is 24.7. The highest BCUT2D eigenvalue weighted by atomic mass is 16.5. The second-order valence-corrected chi connectivity index (χ2v) is 5.83. The summed E-state index contributed by atoms with van der Waals surface area (Å²) in [6.07, 6.45) is 6.19. The number of rotatable bonds is 2. The van der Waals surface area contributed by atoms with Crippen LogP contribution in [0.1, 0.15) is 18.4 Å². The van der Waals surface area contributed by atoms with Crippen molar-refractivity contribution in [2.45, 2.75) is 24.9 Å². The van der Waals surface area contributed by atoms with E-state index in [0.29, 0.717) is 5.54 Å². The number of likely N-dealkylation sites (tertiary alicyclic amines) is 1. The van der Waals surface area contributed by atoms with Crippen molar-refractivity contribution in [3.63, 3.8) is 0 Å². The molecule has 1 spiro atoms. The molecule has 0 aliphatic carbocycles. The maximum Gasteiger partial charge on any atom is 0.0651 e. The molecule has 0 unspecified atom stereocenters. The van der Waals surface area contributed by atoms with E-state index in [0.717, 1.165) is 39.4 Å². The third-order valence-electron chi connectivity index (χ3n) is 4.69. The van der Waals surface area contributed by atoms with Gasteiger partial charge >= 0.3 is 0 Å². The smallest absolute Gasteiger partial charge is 0.0651 e. The van der Waals surface area contributed by atoms with Crippen LogP contribution in [0.25, 0.3) is 0 Å². The number of aromatic nitrogens is 1. The van der Waals surface area contributed by atoms with E-state index < -0.39 is 0 Å². The summed E-state index contributed by atoms with van der Waals surface area (Å²) >= 11 is 0. The minimum absolute atomic E-state index is 0.299. The summed E-state index contributed by atoms with van der Waals surface area (Å²) in [5.41, 5.74) is 1.66. The van der Waals surface area contributed by atoms with Crippen LogP contribution in [0.15, 0.2) is 24.5 Å². The molecule has 3 heterocycles. The molecular formula is C15H23N3O. The zero-order valence-electron chi connectivity index (χ0n) is 11.7. The van der Waals surface area contributed by atoms with Gasteiger partial charge in [-0.15, -0.1) is 0 Å². The molecule has 1 aromatic heterocycles. The molecule has 0 radical (unpaired) electrons. The highest BCUT2D eigenvalue weighted by molar-refractivity contribution is 5.10. The van der Waals surface area contributed by atoms with Crippen molar-refractivity contribution in [2.75, 3.05) is 39.9 Å². The molecule has 19 heavy (non-hydrogen) atoms. The van der Waals surface area contributed by atoms with Gasteiger partial charge in [-0.1, -0.05) is 0 Å². The van der Waals surface area contributed by atoms with E-state index in [9.17, 15) is 0 Å². The summed E-state index contributed by atoms with van der Waals surface area (Å²) in [4.78, 5) is 9.13. The molecule has 0 atom stereocenters. The minimum Gasteiger partial charge on any atom is -0.378 e. The monoisotopic (exact) mass is 261 g/mol. The van der Waals surface area contributed by atoms with E-state index in [2.05, 4.69) is 34.0 Å². The zero-order valence-corrected chi connectivity index (χ0v) is 11.7. The molecule has 2 saturated heterocycles. The van der Waals surface area contributed by atoms with E-state index in [4.69, 9.17) is 4.74 Å². The Morgan fingerprint density at radius 1 is 1.21 bits per heavy atom. The third-order valence-corrected chi connectivity index (χ3v) is 4.69. The molecule has 104 valence electrons. The van der Waals surface area contributed by atoms with Gasteiger partial charge in [0.05, 0.1) is 13.2 Å². The Morgan fingerprint density at radius 2 is 1.95 bits per heavy atom. The van der Waals surface area contributed by atoms with Gasteiger partial charge in [-0.05, 0) is 37.6 Å². The van der Waals surface area contributed by atoms with Gasteiger partial charge in [-0.25, -0.2) is 0 Å². The minimum atomic E-state index is 0.299. The van der Waals surface area contributed by atoms with Gasteiger partial charge in [-0.3, -0.25) is 14.8 Å². The van der Waals surface area contributed by atoms with Gasteiger partial charge in [0.25, 0.3) is 0 Å². The Balaban J connectivity index is 1.57. The quantitative estimate of drug-likeness (QED) is 0.804. The molecule has 2 aliphatic rings. The number of likely N-dealkylation sites (N-methyl/N-ethyl adjacent to an activating group) is 1. The van der Waals surface area contributed by atoms with Crippen LogP contribution in [0.4, 0.5) is 0 Å². The molecule has 0 amide bonds. The van der Waals surface area contributed by atoms with Gasteiger partial charge in [0.15, 0.2) is 0 Å². The van der Waals surface area contributed by atoms with Crippen LogP contribution in [0.5, 0.6) is 0 Å². The van der Waals surface area contributed by atoms with Gasteiger partial charge < -0.3 is 4.74 Å². The lowest BCUT2D eigenvalue weighted by atomic mass is 9.85. The number of hydrogen-bond acceptors (Lipinski definition) is 4. The van der Waals surface area contributed by atoms with Crippen LogP contribution in [-0.4, -0.2) is 60.2 Å². The lowest BCUT2D eigenvalue weighted by Crippen LogP contribution is -2.59. The first-order valence-electron chi connectivity index (χ1n) is 7.19.